The number of hydrogen-bond donors (Lipinski definition) is 1. The highest BCUT2D eigenvalue weighted by Gasteiger charge is 2.47. The standard InChI is InChI=1S/C13H16F3NO3S/c1-9-10(6-7-20-9)8-17-11-4-2-3-5-12(11)21(18,19)13(14,15)16/h2-5,9-10,17H,6-8H2,1H3. The summed E-state index contributed by atoms with van der Waals surface area (Å²) in [5.74, 6) is 0.145. The number of sulfone groups is 1. The molecule has 0 radical (unpaired) electrons. The molecule has 8 heteroatoms. The van der Waals surface area contributed by atoms with Crippen LogP contribution in [-0.4, -0.2) is 33.2 Å². The maximum Gasteiger partial charge on any atom is 0.501 e. The van der Waals surface area contributed by atoms with Gasteiger partial charge >= 0.3 is 5.51 Å². The molecular formula is C13H16F3NO3S. The van der Waals surface area contributed by atoms with E-state index in [1.165, 1.54) is 18.2 Å². The topological polar surface area (TPSA) is 55.4 Å². The van der Waals surface area contributed by atoms with Gasteiger partial charge in [0.15, 0.2) is 0 Å². The summed E-state index contributed by atoms with van der Waals surface area (Å²) in [6.45, 7) is 2.86. The lowest BCUT2D eigenvalue weighted by atomic mass is 10.0. The van der Waals surface area contributed by atoms with Crippen LogP contribution >= 0.6 is 0 Å². The van der Waals surface area contributed by atoms with Crippen LogP contribution in [0.25, 0.3) is 0 Å². The van der Waals surface area contributed by atoms with Crippen LogP contribution in [0.1, 0.15) is 13.3 Å². The van der Waals surface area contributed by atoms with Crippen LogP contribution in [-0.2, 0) is 14.6 Å². The van der Waals surface area contributed by atoms with Crippen LogP contribution in [0.4, 0.5) is 18.9 Å². The van der Waals surface area contributed by atoms with Gasteiger partial charge in [0, 0.05) is 19.1 Å². The smallest absolute Gasteiger partial charge is 0.384 e. The molecule has 2 unspecified atom stereocenters. The zero-order valence-corrected chi connectivity index (χ0v) is 12.2. The molecule has 0 spiro atoms. The van der Waals surface area contributed by atoms with Crippen molar-refractivity contribution in [2.75, 3.05) is 18.5 Å². The highest BCUT2D eigenvalue weighted by atomic mass is 32.2. The van der Waals surface area contributed by atoms with E-state index in [0.29, 0.717) is 13.2 Å². The predicted octanol–water partition coefficient (Wildman–Crippen LogP) is 2.82. The number of rotatable bonds is 4. The average molecular weight is 323 g/mol. The lowest BCUT2D eigenvalue weighted by molar-refractivity contribution is -0.0435. The molecule has 0 aromatic heterocycles. The van der Waals surface area contributed by atoms with Crippen LogP contribution in [0.3, 0.4) is 0 Å². The maximum absolute atomic E-state index is 12.7. The first-order chi connectivity index (χ1) is 9.73. The second-order valence-corrected chi connectivity index (χ2v) is 6.86. The molecule has 1 saturated heterocycles. The van der Waals surface area contributed by atoms with Crippen molar-refractivity contribution >= 4 is 15.5 Å². The van der Waals surface area contributed by atoms with Crippen LogP contribution < -0.4 is 5.32 Å². The molecule has 4 nitrogen and oxygen atoms in total. The zero-order valence-electron chi connectivity index (χ0n) is 11.4. The fourth-order valence-corrected chi connectivity index (χ4v) is 3.19. The Kier molecular flexibility index (Phi) is 4.48. The Morgan fingerprint density at radius 2 is 2.00 bits per heavy atom. The molecule has 1 aliphatic heterocycles. The predicted molar refractivity (Wildman–Crippen MR) is 71.7 cm³/mol. The van der Waals surface area contributed by atoms with Gasteiger partial charge in [0.05, 0.1) is 16.7 Å². The molecule has 0 aliphatic carbocycles. The second-order valence-electron chi connectivity index (χ2n) is 4.95. The molecule has 2 atom stereocenters. The van der Waals surface area contributed by atoms with Crippen molar-refractivity contribution in [2.24, 2.45) is 5.92 Å². The molecule has 1 fully saturated rings. The first kappa shape index (κ1) is 16.1. The van der Waals surface area contributed by atoms with Crippen LogP contribution in [0.15, 0.2) is 29.2 Å². The van der Waals surface area contributed by atoms with Crippen molar-refractivity contribution in [3.05, 3.63) is 24.3 Å². The van der Waals surface area contributed by atoms with Gasteiger partial charge in [-0.15, -0.1) is 0 Å². The molecular weight excluding hydrogens is 307 g/mol. The number of anilines is 1. The van der Waals surface area contributed by atoms with Gasteiger partial charge in [-0.1, -0.05) is 12.1 Å². The Bertz CT molecular complexity index is 601. The van der Waals surface area contributed by atoms with E-state index < -0.39 is 20.2 Å². The minimum Gasteiger partial charge on any atom is -0.384 e. The summed E-state index contributed by atoms with van der Waals surface area (Å²) >= 11 is 0. The van der Waals surface area contributed by atoms with Crippen LogP contribution in [0.5, 0.6) is 0 Å². The van der Waals surface area contributed by atoms with E-state index in [1.807, 2.05) is 6.92 Å². The molecule has 1 N–H and O–H groups in total. The van der Waals surface area contributed by atoms with Crippen LogP contribution in [0, 0.1) is 5.92 Å². The van der Waals surface area contributed by atoms with E-state index in [9.17, 15) is 21.6 Å². The van der Waals surface area contributed by atoms with Crippen LogP contribution in [0.2, 0.25) is 0 Å². The third kappa shape index (κ3) is 3.32. The molecule has 118 valence electrons. The Balaban J connectivity index is 2.22. The Morgan fingerprint density at radius 1 is 1.33 bits per heavy atom. The van der Waals surface area contributed by atoms with Crippen molar-refractivity contribution in [3.63, 3.8) is 0 Å². The largest absolute Gasteiger partial charge is 0.501 e. The van der Waals surface area contributed by atoms with Crippen molar-refractivity contribution < 1.29 is 26.3 Å². The SMILES string of the molecule is CC1OCCC1CNc1ccccc1S(=O)(=O)C(F)(F)F. The summed E-state index contributed by atoms with van der Waals surface area (Å²) in [5, 5.41) is 2.80. The molecule has 0 amide bonds. The summed E-state index contributed by atoms with van der Waals surface area (Å²) in [5.41, 5.74) is -5.34. The molecule has 0 bridgehead atoms. The summed E-state index contributed by atoms with van der Waals surface area (Å²) in [4.78, 5) is -0.746. The monoisotopic (exact) mass is 323 g/mol. The summed E-state index contributed by atoms with van der Waals surface area (Å²) < 4.78 is 66.5. The summed E-state index contributed by atoms with van der Waals surface area (Å²) in [7, 11) is -5.36. The van der Waals surface area contributed by atoms with E-state index in [-0.39, 0.29) is 17.7 Å². The normalized spacial score (nSPS) is 23.2. The van der Waals surface area contributed by atoms with Crippen molar-refractivity contribution in [1.29, 1.82) is 0 Å². The van der Waals surface area contributed by atoms with E-state index in [1.54, 1.807) is 0 Å². The molecule has 1 aliphatic rings. The Hall–Kier alpha value is -1.28. The van der Waals surface area contributed by atoms with Crippen molar-refractivity contribution in [2.45, 2.75) is 29.9 Å². The minimum atomic E-state index is -5.36. The number of alkyl halides is 3. The van der Waals surface area contributed by atoms with Gasteiger partial charge in [0.1, 0.15) is 0 Å². The number of hydrogen-bond acceptors (Lipinski definition) is 4. The van der Waals surface area contributed by atoms with Gasteiger partial charge in [-0.25, -0.2) is 8.42 Å². The summed E-state index contributed by atoms with van der Waals surface area (Å²) in [6, 6.07) is 5.05. The molecule has 2 rings (SSSR count). The number of para-hydroxylation sites is 1. The molecule has 1 heterocycles. The highest BCUT2D eigenvalue weighted by Crippen LogP contribution is 2.34. The van der Waals surface area contributed by atoms with Gasteiger partial charge in [-0.3, -0.25) is 0 Å². The number of ether oxygens (including phenoxy) is 1. The average Bonchev–Trinajstić information content (AvgIpc) is 2.81. The van der Waals surface area contributed by atoms with E-state index >= 15 is 0 Å². The number of benzene rings is 1. The van der Waals surface area contributed by atoms with E-state index in [4.69, 9.17) is 4.74 Å². The van der Waals surface area contributed by atoms with Crippen molar-refractivity contribution in [1.82, 2.24) is 0 Å². The Morgan fingerprint density at radius 3 is 2.57 bits per heavy atom. The fraction of sp³-hybridized carbons (Fsp3) is 0.538. The number of halogens is 3. The van der Waals surface area contributed by atoms with E-state index in [0.717, 1.165) is 12.5 Å². The third-order valence-electron chi connectivity index (χ3n) is 3.57. The number of nitrogens with one attached hydrogen (secondary N) is 1. The molecule has 1 aromatic rings. The molecule has 0 saturated carbocycles. The molecule has 21 heavy (non-hydrogen) atoms. The quantitative estimate of drug-likeness (QED) is 0.926. The highest BCUT2D eigenvalue weighted by molar-refractivity contribution is 7.92. The fourth-order valence-electron chi connectivity index (χ4n) is 2.26. The van der Waals surface area contributed by atoms with Gasteiger partial charge in [0.2, 0.25) is 0 Å². The molecule has 1 aromatic carbocycles. The van der Waals surface area contributed by atoms with Crippen molar-refractivity contribution in [3.8, 4) is 0 Å². The minimum absolute atomic E-state index is 0.00360. The Labute approximate surface area is 121 Å². The summed E-state index contributed by atoms with van der Waals surface area (Å²) in [6.07, 6.45) is 0.798. The second kappa shape index (κ2) is 5.84. The zero-order chi connectivity index (χ0) is 15.7. The lowest BCUT2D eigenvalue weighted by Crippen LogP contribution is -2.26. The van der Waals surface area contributed by atoms with Gasteiger partial charge in [-0.2, -0.15) is 13.2 Å². The van der Waals surface area contributed by atoms with Gasteiger partial charge in [0.25, 0.3) is 9.84 Å². The first-order valence-electron chi connectivity index (χ1n) is 6.49. The lowest BCUT2D eigenvalue weighted by Gasteiger charge is -2.18. The van der Waals surface area contributed by atoms with E-state index in [2.05, 4.69) is 5.32 Å². The maximum atomic E-state index is 12.7. The first-order valence-corrected chi connectivity index (χ1v) is 7.97. The van der Waals surface area contributed by atoms with Gasteiger partial charge < -0.3 is 10.1 Å². The third-order valence-corrected chi connectivity index (χ3v) is 5.11. The van der Waals surface area contributed by atoms with Gasteiger partial charge in [-0.05, 0) is 25.5 Å².